The molecular formula is C18H31NO. The zero-order valence-electron chi connectivity index (χ0n) is 13.2. The van der Waals surface area contributed by atoms with E-state index in [9.17, 15) is 0 Å². The highest BCUT2D eigenvalue weighted by Crippen LogP contribution is 2.18. The summed E-state index contributed by atoms with van der Waals surface area (Å²) < 4.78 is 5.60. The minimum Gasteiger partial charge on any atom is -0.381 e. The maximum absolute atomic E-state index is 5.60. The van der Waals surface area contributed by atoms with Crippen LogP contribution in [-0.4, -0.2) is 19.8 Å². The van der Waals surface area contributed by atoms with Gasteiger partial charge < -0.3 is 10.1 Å². The lowest BCUT2D eigenvalue weighted by Gasteiger charge is -2.19. The molecule has 0 bridgehead atoms. The topological polar surface area (TPSA) is 21.3 Å². The molecule has 0 saturated carbocycles. The van der Waals surface area contributed by atoms with Crippen LogP contribution in [0.3, 0.4) is 0 Å². The second kappa shape index (κ2) is 11.9. The summed E-state index contributed by atoms with van der Waals surface area (Å²) in [6.07, 6.45) is 7.24. The van der Waals surface area contributed by atoms with Crippen molar-refractivity contribution < 1.29 is 4.74 Å². The van der Waals surface area contributed by atoms with Crippen LogP contribution < -0.4 is 5.32 Å². The van der Waals surface area contributed by atoms with Crippen LogP contribution in [0.25, 0.3) is 0 Å². The highest BCUT2D eigenvalue weighted by molar-refractivity contribution is 5.18. The molecular weight excluding hydrogens is 246 g/mol. The average Bonchev–Trinajstić information content (AvgIpc) is 2.50. The van der Waals surface area contributed by atoms with E-state index in [-0.39, 0.29) is 0 Å². The molecule has 0 aromatic heterocycles. The molecule has 0 radical (unpaired) electrons. The molecule has 0 aliphatic carbocycles. The number of nitrogens with one attached hydrogen (secondary N) is 1. The van der Waals surface area contributed by atoms with Gasteiger partial charge in [-0.3, -0.25) is 0 Å². The first kappa shape index (κ1) is 17.2. The van der Waals surface area contributed by atoms with Gasteiger partial charge in [-0.15, -0.1) is 0 Å². The summed E-state index contributed by atoms with van der Waals surface area (Å²) in [5.41, 5.74) is 1.41. The van der Waals surface area contributed by atoms with Gasteiger partial charge in [0.15, 0.2) is 0 Å². The van der Waals surface area contributed by atoms with E-state index in [0.717, 1.165) is 26.2 Å². The van der Waals surface area contributed by atoms with Gasteiger partial charge in [-0.2, -0.15) is 0 Å². The fourth-order valence-corrected chi connectivity index (χ4v) is 2.28. The number of rotatable bonds is 12. The van der Waals surface area contributed by atoms with Crippen LogP contribution >= 0.6 is 0 Å². The van der Waals surface area contributed by atoms with Crippen molar-refractivity contribution in [2.75, 3.05) is 19.8 Å². The van der Waals surface area contributed by atoms with Crippen LogP contribution in [0.4, 0.5) is 0 Å². The molecule has 2 heteroatoms. The van der Waals surface area contributed by atoms with E-state index in [1.165, 1.54) is 37.7 Å². The van der Waals surface area contributed by atoms with Crippen molar-refractivity contribution in [1.82, 2.24) is 5.32 Å². The molecule has 114 valence electrons. The largest absolute Gasteiger partial charge is 0.381 e. The smallest absolute Gasteiger partial charge is 0.0478 e. The van der Waals surface area contributed by atoms with Crippen LogP contribution in [0.1, 0.15) is 64.0 Å². The Morgan fingerprint density at radius 1 is 0.950 bits per heavy atom. The Labute approximate surface area is 124 Å². The van der Waals surface area contributed by atoms with Crippen LogP contribution in [0.15, 0.2) is 30.3 Å². The predicted molar refractivity (Wildman–Crippen MR) is 87.1 cm³/mol. The van der Waals surface area contributed by atoms with Crippen molar-refractivity contribution in [1.29, 1.82) is 0 Å². The van der Waals surface area contributed by atoms with Crippen molar-refractivity contribution in [2.24, 2.45) is 0 Å². The molecule has 2 nitrogen and oxygen atoms in total. The predicted octanol–water partition coefficient (Wildman–Crippen LogP) is 4.71. The summed E-state index contributed by atoms with van der Waals surface area (Å²) in [7, 11) is 0. The number of hydrogen-bond acceptors (Lipinski definition) is 2. The van der Waals surface area contributed by atoms with Crippen LogP contribution in [0, 0.1) is 0 Å². The number of hydrogen-bond donors (Lipinski definition) is 1. The quantitative estimate of drug-likeness (QED) is 0.558. The van der Waals surface area contributed by atoms with Gasteiger partial charge in [0.25, 0.3) is 0 Å². The lowest BCUT2D eigenvalue weighted by atomic mass is 10.0. The van der Waals surface area contributed by atoms with Crippen molar-refractivity contribution in [3.05, 3.63) is 35.9 Å². The Morgan fingerprint density at radius 2 is 1.65 bits per heavy atom. The van der Waals surface area contributed by atoms with E-state index >= 15 is 0 Å². The molecule has 0 spiro atoms. The lowest BCUT2D eigenvalue weighted by Crippen LogP contribution is -2.23. The van der Waals surface area contributed by atoms with E-state index in [2.05, 4.69) is 49.5 Å². The highest BCUT2D eigenvalue weighted by atomic mass is 16.5. The zero-order valence-corrected chi connectivity index (χ0v) is 13.2. The van der Waals surface area contributed by atoms with E-state index < -0.39 is 0 Å². The molecule has 0 saturated heterocycles. The van der Waals surface area contributed by atoms with Crippen LogP contribution in [0.2, 0.25) is 0 Å². The Hall–Kier alpha value is -0.860. The van der Waals surface area contributed by atoms with Gasteiger partial charge in [-0.1, -0.05) is 63.4 Å². The van der Waals surface area contributed by atoms with Crippen molar-refractivity contribution in [3.63, 3.8) is 0 Å². The van der Waals surface area contributed by atoms with Gasteiger partial charge in [-0.25, -0.2) is 0 Å². The van der Waals surface area contributed by atoms with Crippen LogP contribution in [0.5, 0.6) is 0 Å². The third-order valence-electron chi connectivity index (χ3n) is 3.55. The molecule has 1 unspecified atom stereocenters. The standard InChI is InChI=1S/C18H31NO/c1-3-5-13-18(17-11-8-7-9-12-17)19-14-10-16-20-15-6-4-2/h7-9,11-12,18-19H,3-6,10,13-16H2,1-2H3. The summed E-state index contributed by atoms with van der Waals surface area (Å²) in [5.74, 6) is 0. The van der Waals surface area contributed by atoms with Gasteiger partial charge in [0, 0.05) is 19.3 Å². The first-order chi connectivity index (χ1) is 9.88. The molecule has 0 aliphatic heterocycles. The first-order valence-corrected chi connectivity index (χ1v) is 8.24. The van der Waals surface area contributed by atoms with Crippen molar-refractivity contribution in [3.8, 4) is 0 Å². The minimum atomic E-state index is 0.492. The lowest BCUT2D eigenvalue weighted by molar-refractivity contribution is 0.128. The molecule has 0 fully saturated rings. The van der Waals surface area contributed by atoms with E-state index in [1.807, 2.05) is 0 Å². The summed E-state index contributed by atoms with van der Waals surface area (Å²) in [6, 6.07) is 11.3. The molecule has 0 amide bonds. The monoisotopic (exact) mass is 277 g/mol. The van der Waals surface area contributed by atoms with Crippen molar-refractivity contribution in [2.45, 2.75) is 58.4 Å². The maximum Gasteiger partial charge on any atom is 0.0478 e. The Kier molecular flexibility index (Phi) is 10.3. The fourth-order valence-electron chi connectivity index (χ4n) is 2.28. The molecule has 1 aromatic carbocycles. The molecule has 20 heavy (non-hydrogen) atoms. The Balaban J connectivity index is 2.24. The second-order valence-corrected chi connectivity index (χ2v) is 5.38. The molecule has 0 aliphatic rings. The summed E-state index contributed by atoms with van der Waals surface area (Å²) in [6.45, 7) is 7.28. The zero-order chi connectivity index (χ0) is 14.5. The Bertz CT molecular complexity index is 312. The van der Waals surface area contributed by atoms with Gasteiger partial charge >= 0.3 is 0 Å². The number of ether oxygens (including phenoxy) is 1. The second-order valence-electron chi connectivity index (χ2n) is 5.38. The van der Waals surface area contributed by atoms with E-state index in [1.54, 1.807) is 0 Å². The number of unbranched alkanes of at least 4 members (excludes halogenated alkanes) is 2. The third-order valence-corrected chi connectivity index (χ3v) is 3.55. The first-order valence-electron chi connectivity index (χ1n) is 8.24. The van der Waals surface area contributed by atoms with E-state index in [4.69, 9.17) is 4.74 Å². The van der Waals surface area contributed by atoms with Gasteiger partial charge in [0.1, 0.15) is 0 Å². The maximum atomic E-state index is 5.60. The minimum absolute atomic E-state index is 0.492. The third kappa shape index (κ3) is 7.66. The Morgan fingerprint density at radius 3 is 2.35 bits per heavy atom. The SMILES string of the molecule is CCCCOCCCNC(CCCC)c1ccccc1. The average molecular weight is 277 g/mol. The normalized spacial score (nSPS) is 12.5. The fraction of sp³-hybridized carbons (Fsp3) is 0.667. The van der Waals surface area contributed by atoms with Crippen molar-refractivity contribution >= 4 is 0 Å². The van der Waals surface area contributed by atoms with Crippen LogP contribution in [-0.2, 0) is 4.74 Å². The molecule has 0 heterocycles. The summed E-state index contributed by atoms with van der Waals surface area (Å²) in [4.78, 5) is 0. The van der Waals surface area contributed by atoms with Gasteiger partial charge in [0.05, 0.1) is 0 Å². The number of benzene rings is 1. The highest BCUT2D eigenvalue weighted by Gasteiger charge is 2.09. The molecule has 1 rings (SSSR count). The molecule has 1 N–H and O–H groups in total. The van der Waals surface area contributed by atoms with Gasteiger partial charge in [-0.05, 0) is 31.4 Å². The van der Waals surface area contributed by atoms with E-state index in [0.29, 0.717) is 6.04 Å². The summed E-state index contributed by atoms with van der Waals surface area (Å²) >= 11 is 0. The summed E-state index contributed by atoms with van der Waals surface area (Å²) in [5, 5.41) is 3.68. The van der Waals surface area contributed by atoms with Gasteiger partial charge in [0.2, 0.25) is 0 Å². The molecule has 1 atom stereocenters. The molecule has 1 aromatic rings.